The van der Waals surface area contributed by atoms with E-state index in [1.165, 1.54) is 0 Å². The van der Waals surface area contributed by atoms with Crippen LogP contribution in [0.2, 0.25) is 0 Å². The predicted octanol–water partition coefficient (Wildman–Crippen LogP) is 3.88. The summed E-state index contributed by atoms with van der Waals surface area (Å²) in [4.78, 5) is 6.66. The number of para-hydroxylation sites is 1. The van der Waals surface area contributed by atoms with Crippen molar-refractivity contribution in [2.24, 2.45) is 12.0 Å². The Morgan fingerprint density at radius 3 is 2.62 bits per heavy atom. The van der Waals surface area contributed by atoms with Crippen LogP contribution in [0.5, 0.6) is 5.75 Å². The van der Waals surface area contributed by atoms with E-state index in [1.807, 2.05) is 48.1 Å². The summed E-state index contributed by atoms with van der Waals surface area (Å²) >= 11 is 0. The SMILES string of the molecule is CCN(CC)c1ccc(C=Nc2nn(C)c3ccccc23)c(O)c1. The lowest BCUT2D eigenvalue weighted by atomic mass is 10.2. The van der Waals surface area contributed by atoms with Gasteiger partial charge in [0.1, 0.15) is 5.75 Å². The molecule has 1 N–H and O–H groups in total. The van der Waals surface area contributed by atoms with Gasteiger partial charge in [-0.15, -0.1) is 0 Å². The quantitative estimate of drug-likeness (QED) is 0.725. The lowest BCUT2D eigenvalue weighted by molar-refractivity contribution is 0.474. The predicted molar refractivity (Wildman–Crippen MR) is 99.6 cm³/mol. The van der Waals surface area contributed by atoms with Gasteiger partial charge in [-0.3, -0.25) is 4.68 Å². The smallest absolute Gasteiger partial charge is 0.181 e. The van der Waals surface area contributed by atoms with E-state index in [-0.39, 0.29) is 5.75 Å². The number of aryl methyl sites for hydroxylation is 1. The minimum absolute atomic E-state index is 0.225. The van der Waals surface area contributed by atoms with Crippen molar-refractivity contribution in [2.75, 3.05) is 18.0 Å². The third-order valence-corrected chi connectivity index (χ3v) is 4.21. The highest BCUT2D eigenvalue weighted by atomic mass is 16.3. The Bertz CT molecular complexity index is 878. The summed E-state index contributed by atoms with van der Waals surface area (Å²) in [5, 5.41) is 15.7. The molecule has 0 aliphatic carbocycles. The molecule has 0 saturated heterocycles. The molecule has 5 nitrogen and oxygen atoms in total. The number of phenols is 1. The molecule has 124 valence electrons. The number of aromatic hydroxyl groups is 1. The lowest BCUT2D eigenvalue weighted by Gasteiger charge is -2.21. The van der Waals surface area contributed by atoms with Gasteiger partial charge in [0.15, 0.2) is 5.82 Å². The van der Waals surface area contributed by atoms with Crippen LogP contribution in [0.25, 0.3) is 10.9 Å². The molecule has 2 aromatic carbocycles. The minimum Gasteiger partial charge on any atom is -0.507 e. The summed E-state index contributed by atoms with van der Waals surface area (Å²) < 4.78 is 1.81. The first-order valence-electron chi connectivity index (χ1n) is 8.17. The molecular weight excluding hydrogens is 300 g/mol. The van der Waals surface area contributed by atoms with Crippen molar-refractivity contribution in [3.63, 3.8) is 0 Å². The van der Waals surface area contributed by atoms with E-state index in [0.29, 0.717) is 11.4 Å². The van der Waals surface area contributed by atoms with Gasteiger partial charge in [-0.25, -0.2) is 4.99 Å². The fourth-order valence-electron chi connectivity index (χ4n) is 2.85. The van der Waals surface area contributed by atoms with Gasteiger partial charge in [-0.2, -0.15) is 5.10 Å². The molecule has 5 heteroatoms. The zero-order valence-electron chi connectivity index (χ0n) is 14.3. The number of aromatic nitrogens is 2. The van der Waals surface area contributed by atoms with Crippen molar-refractivity contribution in [1.82, 2.24) is 9.78 Å². The maximum absolute atomic E-state index is 10.3. The standard InChI is InChI=1S/C19H22N4O/c1-4-23(5-2)15-11-10-14(18(24)12-15)13-20-19-16-8-6-7-9-17(16)22(3)21-19/h6-13,24H,4-5H2,1-3H3. The molecule has 0 spiro atoms. The van der Waals surface area contributed by atoms with Crippen LogP contribution in [0.3, 0.4) is 0 Å². The highest BCUT2D eigenvalue weighted by molar-refractivity contribution is 5.93. The molecule has 1 heterocycles. The van der Waals surface area contributed by atoms with E-state index in [1.54, 1.807) is 12.3 Å². The Labute approximate surface area is 141 Å². The summed E-state index contributed by atoms with van der Waals surface area (Å²) in [6, 6.07) is 13.6. The normalized spacial score (nSPS) is 11.5. The first kappa shape index (κ1) is 16.1. The molecule has 0 radical (unpaired) electrons. The second kappa shape index (κ2) is 6.74. The molecule has 3 aromatic rings. The third-order valence-electron chi connectivity index (χ3n) is 4.21. The Morgan fingerprint density at radius 2 is 1.92 bits per heavy atom. The zero-order valence-corrected chi connectivity index (χ0v) is 14.3. The monoisotopic (exact) mass is 322 g/mol. The average molecular weight is 322 g/mol. The molecule has 0 bridgehead atoms. The number of fused-ring (bicyclic) bond motifs is 1. The molecule has 0 fully saturated rings. The van der Waals surface area contributed by atoms with E-state index in [9.17, 15) is 5.11 Å². The number of nitrogens with zero attached hydrogens (tertiary/aromatic N) is 4. The second-order valence-electron chi connectivity index (χ2n) is 5.64. The fourth-order valence-corrected chi connectivity index (χ4v) is 2.85. The zero-order chi connectivity index (χ0) is 17.1. The maximum Gasteiger partial charge on any atom is 0.181 e. The average Bonchev–Trinajstić information content (AvgIpc) is 2.92. The summed E-state index contributed by atoms with van der Waals surface area (Å²) in [7, 11) is 1.90. The number of rotatable bonds is 5. The van der Waals surface area contributed by atoms with Crippen LogP contribution >= 0.6 is 0 Å². The van der Waals surface area contributed by atoms with Crippen LogP contribution in [-0.2, 0) is 7.05 Å². The Kier molecular flexibility index (Phi) is 4.51. The van der Waals surface area contributed by atoms with E-state index in [0.717, 1.165) is 29.7 Å². The molecule has 0 saturated carbocycles. The maximum atomic E-state index is 10.3. The summed E-state index contributed by atoms with van der Waals surface area (Å²) in [5.74, 6) is 0.878. The van der Waals surface area contributed by atoms with Crippen LogP contribution in [-0.4, -0.2) is 34.2 Å². The van der Waals surface area contributed by atoms with Gasteiger partial charge in [0.2, 0.25) is 0 Å². The fraction of sp³-hybridized carbons (Fsp3) is 0.263. The first-order chi connectivity index (χ1) is 11.6. The van der Waals surface area contributed by atoms with Crippen LogP contribution < -0.4 is 4.90 Å². The van der Waals surface area contributed by atoms with Gasteiger partial charge < -0.3 is 10.0 Å². The number of phenolic OH excluding ortho intramolecular Hbond substituents is 1. The van der Waals surface area contributed by atoms with Crippen molar-refractivity contribution >= 4 is 28.6 Å². The number of aliphatic imine (C=N–C) groups is 1. The van der Waals surface area contributed by atoms with Crippen LogP contribution in [0, 0.1) is 0 Å². The highest BCUT2D eigenvalue weighted by Gasteiger charge is 2.08. The van der Waals surface area contributed by atoms with Gasteiger partial charge in [0.05, 0.1) is 5.52 Å². The van der Waals surface area contributed by atoms with Gasteiger partial charge in [0.25, 0.3) is 0 Å². The van der Waals surface area contributed by atoms with E-state index < -0.39 is 0 Å². The van der Waals surface area contributed by atoms with Crippen molar-refractivity contribution in [2.45, 2.75) is 13.8 Å². The lowest BCUT2D eigenvalue weighted by Crippen LogP contribution is -2.21. The van der Waals surface area contributed by atoms with Crippen LogP contribution in [0.1, 0.15) is 19.4 Å². The Balaban J connectivity index is 1.91. The molecule has 0 atom stereocenters. The third kappa shape index (κ3) is 2.97. The number of anilines is 1. The minimum atomic E-state index is 0.225. The summed E-state index contributed by atoms with van der Waals surface area (Å²) in [6.45, 7) is 6.01. The van der Waals surface area contributed by atoms with E-state index >= 15 is 0 Å². The van der Waals surface area contributed by atoms with E-state index in [4.69, 9.17) is 0 Å². The topological polar surface area (TPSA) is 53.7 Å². The molecule has 0 unspecified atom stereocenters. The molecule has 3 rings (SSSR count). The Hall–Kier alpha value is -2.82. The largest absolute Gasteiger partial charge is 0.507 e. The molecule has 0 aliphatic rings. The van der Waals surface area contributed by atoms with Gasteiger partial charge in [-0.1, -0.05) is 12.1 Å². The number of hydrogen-bond acceptors (Lipinski definition) is 4. The van der Waals surface area contributed by atoms with Crippen LogP contribution in [0.15, 0.2) is 47.5 Å². The van der Waals surface area contributed by atoms with Crippen molar-refractivity contribution < 1.29 is 5.11 Å². The second-order valence-corrected chi connectivity index (χ2v) is 5.64. The van der Waals surface area contributed by atoms with Gasteiger partial charge in [-0.05, 0) is 38.1 Å². The van der Waals surface area contributed by atoms with E-state index in [2.05, 4.69) is 28.8 Å². The number of hydrogen-bond donors (Lipinski definition) is 1. The van der Waals surface area contributed by atoms with Gasteiger partial charge >= 0.3 is 0 Å². The summed E-state index contributed by atoms with van der Waals surface area (Å²) in [5.41, 5.74) is 2.73. The first-order valence-corrected chi connectivity index (χ1v) is 8.17. The molecular formula is C19H22N4O. The van der Waals surface area contributed by atoms with Crippen LogP contribution in [0.4, 0.5) is 11.5 Å². The molecule has 0 aliphatic heterocycles. The van der Waals surface area contributed by atoms with Crippen molar-refractivity contribution in [1.29, 1.82) is 0 Å². The van der Waals surface area contributed by atoms with Crippen molar-refractivity contribution in [3.05, 3.63) is 48.0 Å². The molecule has 1 aromatic heterocycles. The van der Waals surface area contributed by atoms with Crippen molar-refractivity contribution in [3.8, 4) is 5.75 Å². The highest BCUT2D eigenvalue weighted by Crippen LogP contribution is 2.26. The molecule has 0 amide bonds. The molecule has 24 heavy (non-hydrogen) atoms. The summed E-state index contributed by atoms with van der Waals surface area (Å²) in [6.07, 6.45) is 1.66. The van der Waals surface area contributed by atoms with Gasteiger partial charge in [0, 0.05) is 49.1 Å². The Morgan fingerprint density at radius 1 is 1.17 bits per heavy atom. The number of benzene rings is 2.